The number of fused-ring (bicyclic) bond motifs is 1. The van der Waals surface area contributed by atoms with E-state index in [9.17, 15) is 9.90 Å². The molecule has 0 amide bonds. The lowest BCUT2D eigenvalue weighted by Gasteiger charge is -2.59. The molecule has 0 radical (unpaired) electrons. The highest BCUT2D eigenvalue weighted by Gasteiger charge is 2.56. The van der Waals surface area contributed by atoms with Crippen molar-refractivity contribution in [2.75, 3.05) is 13.1 Å². The molecule has 134 valence electrons. The summed E-state index contributed by atoms with van der Waals surface area (Å²) in [5.74, 6) is 2.31. The van der Waals surface area contributed by atoms with E-state index >= 15 is 0 Å². The number of phenolic OH excluding ortho intramolecular Hbond substituents is 1. The summed E-state index contributed by atoms with van der Waals surface area (Å²) in [5, 5.41) is 10.9. The van der Waals surface area contributed by atoms with Crippen molar-refractivity contribution >= 4 is 5.78 Å². The van der Waals surface area contributed by atoms with Gasteiger partial charge in [0.2, 0.25) is 0 Å². The zero-order chi connectivity index (χ0) is 17.2. The Bertz CT molecular complexity index is 723. The van der Waals surface area contributed by atoms with Crippen molar-refractivity contribution in [1.82, 2.24) is 4.90 Å². The molecule has 1 N–H and O–H groups in total. The summed E-state index contributed by atoms with van der Waals surface area (Å²) in [7, 11) is 0. The number of hydrogen-bond donors (Lipinski definition) is 1. The van der Waals surface area contributed by atoms with Crippen molar-refractivity contribution in [2.24, 2.45) is 11.8 Å². The number of carbonyl (C=O) groups is 1. The molecule has 0 spiro atoms. The van der Waals surface area contributed by atoms with Gasteiger partial charge in [-0.2, -0.15) is 0 Å². The van der Waals surface area contributed by atoms with Crippen molar-refractivity contribution in [3.8, 4) is 5.75 Å². The van der Waals surface area contributed by atoms with Crippen LogP contribution in [0.3, 0.4) is 0 Å². The van der Waals surface area contributed by atoms with Gasteiger partial charge in [-0.1, -0.05) is 18.6 Å². The molecule has 2 bridgehead atoms. The molecule has 2 saturated carbocycles. The first-order valence-corrected chi connectivity index (χ1v) is 10.2. The third-order valence-corrected chi connectivity index (χ3v) is 7.85. The van der Waals surface area contributed by atoms with Crippen molar-refractivity contribution in [2.45, 2.75) is 69.7 Å². The first kappa shape index (κ1) is 15.9. The average molecular weight is 339 g/mol. The van der Waals surface area contributed by atoms with Crippen LogP contribution in [0.25, 0.3) is 0 Å². The third kappa shape index (κ3) is 2.24. The van der Waals surface area contributed by atoms with E-state index in [0.717, 1.165) is 49.3 Å². The number of Topliss-reactive ketones (excluding diaryl/α,β-unsaturated/α-hetero) is 1. The van der Waals surface area contributed by atoms with E-state index < -0.39 is 0 Å². The predicted molar refractivity (Wildman–Crippen MR) is 97.9 cm³/mol. The maximum atomic E-state index is 12.4. The fourth-order valence-electron chi connectivity index (χ4n) is 6.35. The SMILES string of the molecule is Cc1ccc2c(c1O)C13CCN(CC4CCC4)[C@@H](C2)[C@H]1CCC(=O)C3. The molecule has 1 heterocycles. The number of rotatable bonds is 2. The Morgan fingerprint density at radius 3 is 2.88 bits per heavy atom. The highest BCUT2D eigenvalue weighted by atomic mass is 16.3. The van der Waals surface area contributed by atoms with Gasteiger partial charge in [0.25, 0.3) is 0 Å². The fraction of sp³-hybridized carbons (Fsp3) is 0.682. The van der Waals surface area contributed by atoms with Gasteiger partial charge in [-0.3, -0.25) is 9.69 Å². The number of piperidine rings is 1. The maximum absolute atomic E-state index is 12.4. The topological polar surface area (TPSA) is 40.5 Å². The zero-order valence-corrected chi connectivity index (χ0v) is 15.3. The van der Waals surface area contributed by atoms with Crippen molar-refractivity contribution < 1.29 is 9.90 Å². The molecule has 3 atom stereocenters. The van der Waals surface area contributed by atoms with E-state index in [0.29, 0.717) is 29.9 Å². The summed E-state index contributed by atoms with van der Waals surface area (Å²) >= 11 is 0. The number of ketones is 1. The standard InChI is InChI=1S/C22H29NO2/c1-14-5-6-16-11-19-18-8-7-17(24)12-22(18,20(16)21(14)25)9-10-23(19)13-15-3-2-4-15/h5-6,15,18-19,25H,2-4,7-13H2,1H3/t18-,19+,22?/m1/s1. The molecule has 0 aromatic heterocycles. The highest BCUT2D eigenvalue weighted by molar-refractivity contribution is 5.82. The van der Waals surface area contributed by atoms with Crippen molar-refractivity contribution in [3.63, 3.8) is 0 Å². The maximum Gasteiger partial charge on any atom is 0.133 e. The lowest BCUT2D eigenvalue weighted by atomic mass is 9.51. The zero-order valence-electron chi connectivity index (χ0n) is 15.3. The first-order valence-electron chi connectivity index (χ1n) is 10.2. The normalized spacial score (nSPS) is 35.0. The number of nitrogens with zero attached hydrogens (tertiary/aromatic N) is 1. The summed E-state index contributed by atoms with van der Waals surface area (Å²) < 4.78 is 0. The van der Waals surface area contributed by atoms with Crippen LogP contribution in [0.15, 0.2) is 12.1 Å². The van der Waals surface area contributed by atoms with Crippen LogP contribution >= 0.6 is 0 Å². The monoisotopic (exact) mass is 339 g/mol. The minimum atomic E-state index is -0.0974. The molecule has 1 unspecified atom stereocenters. The van der Waals surface area contributed by atoms with Gasteiger partial charge in [0.1, 0.15) is 11.5 Å². The fourth-order valence-corrected chi connectivity index (χ4v) is 6.35. The minimum absolute atomic E-state index is 0.0974. The third-order valence-electron chi connectivity index (χ3n) is 7.85. The molecule has 3 nitrogen and oxygen atoms in total. The van der Waals surface area contributed by atoms with Crippen LogP contribution in [0.5, 0.6) is 5.75 Å². The van der Waals surface area contributed by atoms with Gasteiger partial charge in [-0.15, -0.1) is 0 Å². The number of likely N-dealkylation sites (tertiary alicyclic amines) is 1. The Morgan fingerprint density at radius 2 is 2.12 bits per heavy atom. The molecule has 3 aliphatic carbocycles. The first-order chi connectivity index (χ1) is 12.1. The molecule has 4 aliphatic rings. The van der Waals surface area contributed by atoms with Crippen LogP contribution in [0.4, 0.5) is 0 Å². The second-order valence-corrected chi connectivity index (χ2v) is 9.10. The van der Waals surface area contributed by atoms with Gasteiger partial charge in [-0.25, -0.2) is 0 Å². The van der Waals surface area contributed by atoms with Gasteiger partial charge < -0.3 is 5.11 Å². The second kappa shape index (κ2) is 5.57. The minimum Gasteiger partial charge on any atom is -0.507 e. The van der Waals surface area contributed by atoms with Crippen LogP contribution in [-0.2, 0) is 16.6 Å². The second-order valence-electron chi connectivity index (χ2n) is 9.10. The predicted octanol–water partition coefficient (Wildman–Crippen LogP) is 3.74. The summed E-state index contributed by atoms with van der Waals surface area (Å²) in [6.45, 7) is 4.33. The molecule has 5 rings (SSSR count). The number of benzene rings is 1. The molecule has 1 aromatic carbocycles. The molecular weight excluding hydrogens is 310 g/mol. The molecule has 3 heteroatoms. The van der Waals surface area contributed by atoms with Crippen molar-refractivity contribution in [1.29, 1.82) is 0 Å². The van der Waals surface area contributed by atoms with Crippen LogP contribution < -0.4 is 0 Å². The van der Waals surface area contributed by atoms with Gasteiger partial charge in [0.15, 0.2) is 0 Å². The number of hydrogen-bond acceptors (Lipinski definition) is 3. The van der Waals surface area contributed by atoms with Gasteiger partial charge in [0, 0.05) is 36.4 Å². The molecular formula is C22H29NO2. The Balaban J connectivity index is 1.59. The lowest BCUT2D eigenvalue weighted by Crippen LogP contribution is -2.62. The van der Waals surface area contributed by atoms with Crippen LogP contribution in [0, 0.1) is 18.8 Å². The Kier molecular flexibility index (Phi) is 3.54. The molecule has 1 saturated heterocycles. The molecule has 3 fully saturated rings. The quantitative estimate of drug-likeness (QED) is 0.892. The van der Waals surface area contributed by atoms with Crippen LogP contribution in [0.2, 0.25) is 0 Å². The largest absolute Gasteiger partial charge is 0.507 e. The lowest BCUT2D eigenvalue weighted by molar-refractivity contribution is -0.127. The summed E-state index contributed by atoms with van der Waals surface area (Å²) in [6.07, 6.45) is 8.69. The van der Waals surface area contributed by atoms with Crippen LogP contribution in [0.1, 0.15) is 61.6 Å². The molecule has 1 aliphatic heterocycles. The van der Waals surface area contributed by atoms with E-state index in [1.54, 1.807) is 0 Å². The number of aromatic hydroxyl groups is 1. The van der Waals surface area contributed by atoms with E-state index in [1.807, 2.05) is 6.92 Å². The average Bonchev–Trinajstić information content (AvgIpc) is 2.55. The summed E-state index contributed by atoms with van der Waals surface area (Å²) in [6, 6.07) is 4.85. The molecule has 25 heavy (non-hydrogen) atoms. The number of carbonyl (C=O) groups excluding carboxylic acids is 1. The van der Waals surface area contributed by atoms with E-state index in [-0.39, 0.29) is 5.41 Å². The van der Waals surface area contributed by atoms with Crippen LogP contribution in [-0.4, -0.2) is 34.9 Å². The Hall–Kier alpha value is -1.35. The van der Waals surface area contributed by atoms with Gasteiger partial charge in [-0.05, 0) is 68.5 Å². The number of aryl methyl sites for hydroxylation is 1. The number of phenols is 1. The van der Waals surface area contributed by atoms with Gasteiger partial charge >= 0.3 is 0 Å². The van der Waals surface area contributed by atoms with Gasteiger partial charge in [0.05, 0.1) is 0 Å². The Labute approximate surface area is 150 Å². The smallest absolute Gasteiger partial charge is 0.133 e. The van der Waals surface area contributed by atoms with E-state index in [4.69, 9.17) is 0 Å². The van der Waals surface area contributed by atoms with Crippen molar-refractivity contribution in [3.05, 3.63) is 28.8 Å². The highest BCUT2D eigenvalue weighted by Crippen LogP contribution is 2.57. The molecule has 1 aromatic rings. The van der Waals surface area contributed by atoms with E-state index in [2.05, 4.69) is 17.0 Å². The summed E-state index contributed by atoms with van der Waals surface area (Å²) in [4.78, 5) is 15.2. The Morgan fingerprint density at radius 1 is 1.28 bits per heavy atom. The summed E-state index contributed by atoms with van der Waals surface area (Å²) in [5.41, 5.74) is 3.31. The van der Waals surface area contributed by atoms with E-state index in [1.165, 1.54) is 31.4 Å².